The summed E-state index contributed by atoms with van der Waals surface area (Å²) in [4.78, 5) is 0. The molecule has 12 nitrogen and oxygen atoms in total. The third kappa shape index (κ3) is 585. The molecule has 0 aromatic heterocycles. The van der Waals surface area contributed by atoms with E-state index in [0.29, 0.717) is 0 Å². The van der Waals surface area contributed by atoms with Gasteiger partial charge < -0.3 is 0 Å². The maximum absolute atomic E-state index is 8.60. The number of hydrogen-bond donors (Lipinski definition) is 0. The molecule has 0 aromatic carbocycles. The zero-order valence-corrected chi connectivity index (χ0v) is 24.6. The summed E-state index contributed by atoms with van der Waals surface area (Å²) in [6.45, 7) is 0. The van der Waals surface area contributed by atoms with Gasteiger partial charge in [0.25, 0.3) is 0 Å². The summed E-state index contributed by atoms with van der Waals surface area (Å²) in [7, 11) is 0. The minimum atomic E-state index is -4.20. The summed E-state index contributed by atoms with van der Waals surface area (Å²) in [5, 5.41) is 0. The summed E-state index contributed by atoms with van der Waals surface area (Å²) < 4.78 is 103. The Hall–Kier alpha value is 3.83. The molecule has 105 valence electrons. The molecule has 19 heteroatoms. The first-order valence-electron chi connectivity index (χ1n) is 2.32. The molecule has 5 radical (unpaired) electrons. The van der Waals surface area contributed by atoms with E-state index in [1.54, 1.807) is 0 Å². The Bertz CT molecular complexity index is 268. The molecule has 0 fully saturated rings. The molecule has 0 aliphatic carbocycles. The minimum Gasteiger partial charge on any atom is 2.00 e. The van der Waals surface area contributed by atoms with E-state index in [4.69, 9.17) is 41.6 Å². The van der Waals surface area contributed by atoms with Crippen LogP contribution >= 0.6 is 0 Å². The fourth-order valence-corrected chi connectivity index (χ4v) is 0. The van der Waals surface area contributed by atoms with Crippen LogP contribution in [0.1, 0.15) is 0 Å². The summed E-state index contributed by atoms with van der Waals surface area (Å²) in [5.74, 6) is 0. The van der Waals surface area contributed by atoms with Crippen molar-refractivity contribution in [3.63, 3.8) is 0 Å². The first-order valence-corrected chi connectivity index (χ1v) is 11.5. The fourth-order valence-electron chi connectivity index (χ4n) is 0. The molecule has 0 atom stereocenters. The van der Waals surface area contributed by atoms with Gasteiger partial charge in [-0.15, -0.1) is 0 Å². The Morgan fingerprint density at radius 2 is 0.632 bits per heavy atom. The summed E-state index contributed by atoms with van der Waals surface area (Å²) in [6.07, 6.45) is 0. The smallest absolute Gasteiger partial charge is 2.00 e. The van der Waals surface area contributed by atoms with Crippen LogP contribution in [0.25, 0.3) is 0 Å². The molecule has 0 aromatic rings. The minimum absolute atomic E-state index is 0. The van der Waals surface area contributed by atoms with Crippen LogP contribution in [-0.2, 0) is 112 Å². The van der Waals surface area contributed by atoms with Gasteiger partial charge in [0.2, 0.25) is 0 Å². The first-order chi connectivity index (χ1) is 6.93. The largest absolute Gasteiger partial charge is 2.00 e. The molecule has 0 heterocycles. The molecule has 0 unspecified atom stereocenters. The molecule has 0 spiro atoms. The van der Waals surface area contributed by atoms with Crippen LogP contribution in [-0.4, -0.2) is 54.6 Å². The zero-order chi connectivity index (χ0) is 14.3. The number of hydrogen-bond acceptors (Lipinski definition) is 12. The third-order valence-electron chi connectivity index (χ3n) is 0. The molecule has 0 saturated carbocycles. The average molecular weight is 943 g/mol. The Morgan fingerprint density at radius 3 is 0.632 bits per heavy atom. The van der Waals surface area contributed by atoms with Crippen molar-refractivity contribution in [2.75, 3.05) is 0 Å². The van der Waals surface area contributed by atoms with Gasteiger partial charge in [-0.1, -0.05) is 0 Å². The Balaban J connectivity index is -0.0000000192. The second-order valence-electron chi connectivity index (χ2n) is 0.947. The molecule has 19 heavy (non-hydrogen) atoms. The Labute approximate surface area is 184 Å². The van der Waals surface area contributed by atoms with Crippen LogP contribution in [0, 0.1) is 0 Å². The van der Waals surface area contributed by atoms with E-state index in [2.05, 4.69) is 0 Å². The second kappa shape index (κ2) is 37.8. The Morgan fingerprint density at radius 1 is 0.632 bits per heavy atom. The monoisotopic (exact) mass is 945 g/mol. The second-order valence-corrected chi connectivity index (χ2v) is 4.71. The van der Waals surface area contributed by atoms with E-state index < -0.39 is 74.8 Å². The van der Waals surface area contributed by atoms with Crippen molar-refractivity contribution in [3.8, 4) is 0 Å². The van der Waals surface area contributed by atoms with Crippen molar-refractivity contribution in [1.82, 2.24) is 0 Å². The molecular weight excluding hydrogens is 943 g/mol. The molecule has 0 N–H and O–H groups in total. The van der Waals surface area contributed by atoms with Crippen molar-refractivity contribution in [2.45, 2.75) is 0 Å². The maximum atomic E-state index is 8.60. The van der Waals surface area contributed by atoms with Crippen LogP contribution in [0.2, 0.25) is 0 Å². The van der Waals surface area contributed by atoms with E-state index in [9.17, 15) is 0 Å². The van der Waals surface area contributed by atoms with Gasteiger partial charge in [0.05, 0.1) is 0 Å². The quantitative estimate of drug-likeness (QED) is 0.206. The third-order valence-corrected chi connectivity index (χ3v) is 0. The number of rotatable bonds is 0. The van der Waals surface area contributed by atoms with Gasteiger partial charge in [0.15, 0.2) is 0 Å². The topological polar surface area (TPSA) is 241 Å². The molecule has 0 bridgehead atoms. The predicted octanol–water partition coefficient (Wildman–Crippen LogP) is -8.62. The predicted molar refractivity (Wildman–Crippen MR) is 15.6 cm³/mol. The molecule has 0 amide bonds. The zero-order valence-electron chi connectivity index (χ0n) is 8.17. The van der Waals surface area contributed by atoms with E-state index in [1.807, 2.05) is 0 Å². The molecule has 0 rings (SSSR count). The molecule has 0 aliphatic heterocycles. The van der Waals surface area contributed by atoms with Crippen molar-refractivity contribution in [1.29, 1.82) is 0 Å². The van der Waals surface area contributed by atoms with Crippen molar-refractivity contribution < 1.29 is 134 Å². The van der Waals surface area contributed by atoms with E-state index in [-0.39, 0.29) is 71.7 Å². The van der Waals surface area contributed by atoms with Gasteiger partial charge in [-0.2, -0.15) is 0 Å². The van der Waals surface area contributed by atoms with Crippen LogP contribution in [0.5, 0.6) is 0 Å². The van der Waals surface area contributed by atoms with Crippen LogP contribution < -0.4 is 22.0 Å². The van der Waals surface area contributed by atoms with E-state index in [0.717, 1.165) is 0 Å². The van der Waals surface area contributed by atoms with Gasteiger partial charge in [0, 0.05) is 0 Å². The van der Waals surface area contributed by atoms with Gasteiger partial charge >= 0.3 is 188 Å². The van der Waals surface area contributed by atoms with E-state index in [1.165, 1.54) is 0 Å². The summed E-state index contributed by atoms with van der Waals surface area (Å²) >= 11 is -16.6. The Kier molecular flexibility index (Phi) is 86.4. The molecule has 0 aliphatic rings. The SMILES string of the molecule is [Mn+2].[O]=[Nb](=[O])[O-].[O]=[Nb](=[O])[O-].[O]=[Ti]([O-])[O-].[O]=[Ti]([O-])[O-].[Pb+2].[Pb+2]. The standard InChI is InChI=1S/Mn.2Nb.12O.2Pb.2Ti/q+2;;;;;;;;;6*-1;2*+2;;. The van der Waals surface area contributed by atoms with E-state index >= 15 is 0 Å². The fraction of sp³-hybridized carbons (Fsp3) is 0. The van der Waals surface area contributed by atoms with Gasteiger partial charge in [0.1, 0.15) is 0 Å². The van der Waals surface area contributed by atoms with Crippen molar-refractivity contribution in [2.24, 2.45) is 0 Å². The summed E-state index contributed by atoms with van der Waals surface area (Å²) in [5.41, 5.74) is 0. The van der Waals surface area contributed by atoms with Crippen molar-refractivity contribution >= 4 is 54.6 Å². The molecular formula is MnNb2O12Pb2Ti2. The van der Waals surface area contributed by atoms with Crippen LogP contribution in [0.15, 0.2) is 0 Å². The van der Waals surface area contributed by atoms with Crippen LogP contribution in [0.3, 0.4) is 0 Å². The van der Waals surface area contributed by atoms with Gasteiger partial charge in [-0.3, -0.25) is 0 Å². The maximum Gasteiger partial charge on any atom is 2.00 e. The first kappa shape index (κ1) is 43.4. The normalized spacial score (nSPS) is 5.37. The van der Waals surface area contributed by atoms with Crippen LogP contribution in [0.4, 0.5) is 0 Å². The average Bonchev–Trinajstić information content (AvgIpc) is 1.76. The summed E-state index contributed by atoms with van der Waals surface area (Å²) in [6, 6.07) is 0. The molecule has 0 saturated heterocycles. The van der Waals surface area contributed by atoms with Gasteiger partial charge in [-0.05, 0) is 0 Å². The van der Waals surface area contributed by atoms with Crippen molar-refractivity contribution in [3.05, 3.63) is 0 Å². The van der Waals surface area contributed by atoms with Gasteiger partial charge in [-0.25, -0.2) is 0 Å².